The average Bonchev–Trinajstić information content (AvgIpc) is 2.39. The highest BCUT2D eigenvalue weighted by atomic mass is 16.5. The van der Waals surface area contributed by atoms with Gasteiger partial charge in [-0.1, -0.05) is 19.1 Å². The summed E-state index contributed by atoms with van der Waals surface area (Å²) in [7, 11) is 1.61. The molecule has 0 fully saturated rings. The molecule has 0 radical (unpaired) electrons. The van der Waals surface area contributed by atoms with Crippen molar-refractivity contribution in [3.63, 3.8) is 0 Å². The summed E-state index contributed by atoms with van der Waals surface area (Å²) in [4.78, 5) is 11.3. The highest BCUT2D eigenvalue weighted by Gasteiger charge is 2.15. The van der Waals surface area contributed by atoms with Crippen molar-refractivity contribution in [2.75, 3.05) is 7.11 Å². The zero-order chi connectivity index (χ0) is 12.7. The Morgan fingerprint density at radius 1 is 1.53 bits per heavy atom. The topological polar surface area (TPSA) is 73.6 Å². The minimum absolute atomic E-state index is 0.310. The van der Waals surface area contributed by atoms with E-state index in [-0.39, 0.29) is 5.91 Å². The Hall–Kier alpha value is -1.59. The van der Waals surface area contributed by atoms with Gasteiger partial charge in [-0.25, -0.2) is 5.84 Å². The number of benzene rings is 1. The van der Waals surface area contributed by atoms with Gasteiger partial charge in [0, 0.05) is 0 Å². The van der Waals surface area contributed by atoms with Crippen LogP contribution in [0, 0.1) is 0 Å². The minimum Gasteiger partial charge on any atom is -0.497 e. The van der Waals surface area contributed by atoms with E-state index in [2.05, 4.69) is 5.43 Å². The second-order valence-electron chi connectivity index (χ2n) is 3.57. The van der Waals surface area contributed by atoms with E-state index < -0.39 is 6.10 Å². The van der Waals surface area contributed by atoms with E-state index >= 15 is 0 Å². The van der Waals surface area contributed by atoms with Crippen LogP contribution in [0.1, 0.15) is 18.9 Å². The van der Waals surface area contributed by atoms with Gasteiger partial charge in [-0.2, -0.15) is 0 Å². The summed E-state index contributed by atoms with van der Waals surface area (Å²) < 4.78 is 10.6. The molecule has 1 amide bonds. The zero-order valence-electron chi connectivity index (χ0n) is 10.1. The van der Waals surface area contributed by atoms with Gasteiger partial charge in [0.2, 0.25) is 0 Å². The molecule has 0 aliphatic heterocycles. The van der Waals surface area contributed by atoms with Crippen LogP contribution in [0.15, 0.2) is 24.3 Å². The smallest absolute Gasteiger partial charge is 0.262 e. The minimum atomic E-state index is -0.522. The number of nitrogens with two attached hydrogens (primary N) is 1. The van der Waals surface area contributed by atoms with Crippen molar-refractivity contribution in [3.8, 4) is 5.75 Å². The molecule has 1 aromatic rings. The molecular formula is C12H18N2O3. The molecule has 0 heterocycles. The molecule has 0 aliphatic rings. The molecule has 0 aliphatic carbocycles. The average molecular weight is 238 g/mol. The number of carbonyl (C=O) groups is 1. The van der Waals surface area contributed by atoms with Crippen molar-refractivity contribution in [1.29, 1.82) is 0 Å². The lowest BCUT2D eigenvalue weighted by Gasteiger charge is -2.14. The second kappa shape index (κ2) is 6.88. The summed E-state index contributed by atoms with van der Waals surface area (Å²) in [5.41, 5.74) is 3.04. The predicted molar refractivity (Wildman–Crippen MR) is 64.2 cm³/mol. The van der Waals surface area contributed by atoms with Crippen LogP contribution in [-0.2, 0) is 16.1 Å². The number of hydrogen-bond acceptors (Lipinski definition) is 4. The maximum absolute atomic E-state index is 11.3. The van der Waals surface area contributed by atoms with Gasteiger partial charge >= 0.3 is 0 Å². The maximum Gasteiger partial charge on any atom is 0.262 e. The van der Waals surface area contributed by atoms with E-state index in [9.17, 15) is 4.79 Å². The number of carbonyl (C=O) groups excluding carboxylic acids is 1. The Bertz CT molecular complexity index is 369. The van der Waals surface area contributed by atoms with E-state index in [4.69, 9.17) is 15.3 Å². The van der Waals surface area contributed by atoms with Crippen molar-refractivity contribution >= 4 is 5.91 Å². The first-order chi connectivity index (χ1) is 8.21. The normalized spacial score (nSPS) is 11.9. The Labute approximate surface area is 101 Å². The van der Waals surface area contributed by atoms with Gasteiger partial charge in [0.05, 0.1) is 13.7 Å². The van der Waals surface area contributed by atoms with Crippen molar-refractivity contribution in [3.05, 3.63) is 29.8 Å². The van der Waals surface area contributed by atoms with Crippen LogP contribution in [0.25, 0.3) is 0 Å². The van der Waals surface area contributed by atoms with Crippen molar-refractivity contribution in [2.24, 2.45) is 5.84 Å². The summed E-state index contributed by atoms with van der Waals surface area (Å²) >= 11 is 0. The lowest BCUT2D eigenvalue weighted by molar-refractivity contribution is -0.133. The number of hydrogen-bond donors (Lipinski definition) is 2. The van der Waals surface area contributed by atoms with Gasteiger partial charge < -0.3 is 9.47 Å². The first kappa shape index (κ1) is 13.5. The van der Waals surface area contributed by atoms with E-state index in [1.54, 1.807) is 7.11 Å². The van der Waals surface area contributed by atoms with Crippen LogP contribution in [0.5, 0.6) is 5.75 Å². The number of ether oxygens (including phenoxy) is 2. The third-order valence-corrected chi connectivity index (χ3v) is 2.39. The molecule has 0 aromatic heterocycles. The van der Waals surface area contributed by atoms with Crippen LogP contribution in [0.3, 0.4) is 0 Å². The zero-order valence-corrected chi connectivity index (χ0v) is 10.1. The van der Waals surface area contributed by atoms with Gasteiger partial charge in [0.1, 0.15) is 11.9 Å². The molecule has 0 bridgehead atoms. The van der Waals surface area contributed by atoms with Crippen molar-refractivity contribution in [1.82, 2.24) is 5.43 Å². The third-order valence-electron chi connectivity index (χ3n) is 2.39. The lowest BCUT2D eigenvalue weighted by atomic mass is 10.2. The molecule has 5 heteroatoms. The first-order valence-corrected chi connectivity index (χ1v) is 5.46. The number of hydrazine groups is 1. The standard InChI is InChI=1S/C12H18N2O3/c1-3-11(12(15)14-13)17-8-9-5-4-6-10(7-9)16-2/h4-7,11H,3,8,13H2,1-2H3,(H,14,15). The van der Waals surface area contributed by atoms with Crippen molar-refractivity contribution < 1.29 is 14.3 Å². The fourth-order valence-corrected chi connectivity index (χ4v) is 1.43. The van der Waals surface area contributed by atoms with Gasteiger partial charge in [0.25, 0.3) is 5.91 Å². The number of methoxy groups -OCH3 is 1. The van der Waals surface area contributed by atoms with Crippen LogP contribution < -0.4 is 16.0 Å². The Balaban J connectivity index is 2.56. The van der Waals surface area contributed by atoms with Crippen LogP contribution in [0.4, 0.5) is 0 Å². The SMILES string of the molecule is CCC(OCc1cccc(OC)c1)C(=O)NN. The molecule has 0 spiro atoms. The summed E-state index contributed by atoms with van der Waals surface area (Å²) in [6.45, 7) is 2.22. The molecule has 5 nitrogen and oxygen atoms in total. The molecule has 94 valence electrons. The second-order valence-corrected chi connectivity index (χ2v) is 3.57. The molecule has 1 atom stereocenters. The highest BCUT2D eigenvalue weighted by Crippen LogP contribution is 2.14. The molecule has 1 rings (SSSR count). The van der Waals surface area contributed by atoms with Gasteiger partial charge in [-0.15, -0.1) is 0 Å². The molecular weight excluding hydrogens is 220 g/mol. The monoisotopic (exact) mass is 238 g/mol. The van der Waals surface area contributed by atoms with Crippen molar-refractivity contribution in [2.45, 2.75) is 26.1 Å². The first-order valence-electron chi connectivity index (χ1n) is 5.46. The summed E-state index contributed by atoms with van der Waals surface area (Å²) in [6.07, 6.45) is 0.0544. The summed E-state index contributed by atoms with van der Waals surface area (Å²) in [5, 5.41) is 0. The fourth-order valence-electron chi connectivity index (χ4n) is 1.43. The molecule has 1 aromatic carbocycles. The molecule has 17 heavy (non-hydrogen) atoms. The number of amides is 1. The Morgan fingerprint density at radius 2 is 2.29 bits per heavy atom. The van der Waals surface area contributed by atoms with E-state index in [1.165, 1.54) is 0 Å². The maximum atomic E-state index is 11.3. The van der Waals surface area contributed by atoms with Crippen LogP contribution >= 0.6 is 0 Å². The van der Waals surface area contributed by atoms with Crippen LogP contribution in [0.2, 0.25) is 0 Å². The Morgan fingerprint density at radius 3 is 2.88 bits per heavy atom. The highest BCUT2D eigenvalue weighted by molar-refractivity contribution is 5.79. The van der Waals surface area contributed by atoms with Gasteiger partial charge in [-0.3, -0.25) is 10.2 Å². The largest absolute Gasteiger partial charge is 0.497 e. The quantitative estimate of drug-likeness (QED) is 0.440. The molecule has 3 N–H and O–H groups in total. The van der Waals surface area contributed by atoms with Gasteiger partial charge in [0.15, 0.2) is 0 Å². The third kappa shape index (κ3) is 4.05. The van der Waals surface area contributed by atoms with Crippen LogP contribution in [-0.4, -0.2) is 19.1 Å². The number of rotatable bonds is 6. The Kier molecular flexibility index (Phi) is 5.45. The molecule has 0 saturated heterocycles. The van der Waals surface area contributed by atoms with Gasteiger partial charge in [-0.05, 0) is 24.1 Å². The molecule has 0 saturated carbocycles. The fraction of sp³-hybridized carbons (Fsp3) is 0.417. The number of nitrogens with one attached hydrogen (secondary N) is 1. The van der Waals surface area contributed by atoms with E-state index in [0.29, 0.717) is 13.0 Å². The van der Waals surface area contributed by atoms with E-state index in [1.807, 2.05) is 31.2 Å². The summed E-state index contributed by atoms with van der Waals surface area (Å²) in [5.74, 6) is 5.52. The lowest BCUT2D eigenvalue weighted by Crippen LogP contribution is -2.40. The van der Waals surface area contributed by atoms with E-state index in [0.717, 1.165) is 11.3 Å². The summed E-state index contributed by atoms with van der Waals surface area (Å²) in [6, 6.07) is 7.51. The molecule has 1 unspecified atom stereocenters. The predicted octanol–water partition coefficient (Wildman–Crippen LogP) is 0.980.